The molecule has 0 aliphatic rings. The predicted molar refractivity (Wildman–Crippen MR) is 72.5 cm³/mol. The Balaban J connectivity index is 2.27. The van der Waals surface area contributed by atoms with Gasteiger partial charge in [0.1, 0.15) is 5.82 Å². The van der Waals surface area contributed by atoms with Crippen LogP contribution in [-0.2, 0) is 0 Å². The zero-order valence-electron chi connectivity index (χ0n) is 9.17. The highest BCUT2D eigenvalue weighted by molar-refractivity contribution is 9.09. The number of carbonyl (C=O) groups excluding carboxylic acids is 1. The lowest BCUT2D eigenvalue weighted by Gasteiger charge is -2.08. The number of nitrogens with one attached hydrogen (secondary N) is 1. The lowest BCUT2D eigenvalue weighted by molar-refractivity contribution is 0.0948. The number of hydrogen-bond acceptors (Lipinski definition) is 2. The first-order valence-electron chi connectivity index (χ1n) is 5.16. The molecule has 1 amide bonds. The molecule has 90 valence electrons. The average Bonchev–Trinajstić information content (AvgIpc) is 2.71. The molecule has 1 aromatic carbocycles. The third-order valence-electron chi connectivity index (χ3n) is 2.31. The van der Waals surface area contributed by atoms with Gasteiger partial charge in [-0.1, -0.05) is 22.0 Å². The summed E-state index contributed by atoms with van der Waals surface area (Å²) >= 11 is 4.60. The lowest BCUT2D eigenvalue weighted by Crippen LogP contribution is -2.32. The van der Waals surface area contributed by atoms with Gasteiger partial charge in [0.2, 0.25) is 0 Å². The Hall–Kier alpha value is -0.940. The minimum Gasteiger partial charge on any atom is -0.348 e. The third-order valence-corrected chi connectivity index (χ3v) is 4.38. The van der Waals surface area contributed by atoms with E-state index in [1.807, 2.05) is 6.92 Å². The van der Waals surface area contributed by atoms with Crippen LogP contribution in [0.15, 0.2) is 24.3 Å². The molecule has 0 saturated carbocycles. The van der Waals surface area contributed by atoms with Crippen LogP contribution in [0, 0.1) is 5.82 Å². The highest BCUT2D eigenvalue weighted by atomic mass is 79.9. The Labute approximate surface area is 111 Å². The molecule has 1 heterocycles. The fourth-order valence-corrected chi connectivity index (χ4v) is 2.60. The van der Waals surface area contributed by atoms with Gasteiger partial charge in [-0.2, -0.15) is 0 Å². The topological polar surface area (TPSA) is 29.1 Å². The van der Waals surface area contributed by atoms with Crippen LogP contribution >= 0.6 is 27.3 Å². The molecule has 2 nitrogen and oxygen atoms in total. The molecule has 2 rings (SSSR count). The number of thiophene rings is 1. The second kappa shape index (κ2) is 5.14. The van der Waals surface area contributed by atoms with Gasteiger partial charge in [0.15, 0.2) is 0 Å². The van der Waals surface area contributed by atoms with Crippen LogP contribution in [-0.4, -0.2) is 17.3 Å². The quantitative estimate of drug-likeness (QED) is 0.862. The SMILES string of the molecule is CC(CBr)NC(=O)c1cc2ccc(F)cc2s1. The Kier molecular flexibility index (Phi) is 3.79. The summed E-state index contributed by atoms with van der Waals surface area (Å²) in [5.74, 6) is -0.390. The maximum absolute atomic E-state index is 13.0. The van der Waals surface area contributed by atoms with E-state index in [0.29, 0.717) is 10.2 Å². The van der Waals surface area contributed by atoms with E-state index in [2.05, 4.69) is 21.2 Å². The highest BCUT2D eigenvalue weighted by Crippen LogP contribution is 2.26. The molecule has 5 heteroatoms. The molecule has 1 unspecified atom stereocenters. The monoisotopic (exact) mass is 315 g/mol. The van der Waals surface area contributed by atoms with E-state index in [1.54, 1.807) is 12.1 Å². The second-order valence-electron chi connectivity index (χ2n) is 3.82. The van der Waals surface area contributed by atoms with Gasteiger partial charge in [-0.25, -0.2) is 4.39 Å². The Morgan fingerprint density at radius 1 is 1.53 bits per heavy atom. The summed E-state index contributed by atoms with van der Waals surface area (Å²) in [6, 6.07) is 6.40. The molecule has 0 aliphatic heterocycles. The number of carbonyl (C=O) groups is 1. The molecule has 17 heavy (non-hydrogen) atoms. The first-order valence-corrected chi connectivity index (χ1v) is 7.10. The largest absolute Gasteiger partial charge is 0.348 e. The maximum Gasteiger partial charge on any atom is 0.261 e. The molecule has 1 atom stereocenters. The van der Waals surface area contributed by atoms with Crippen molar-refractivity contribution in [1.29, 1.82) is 0 Å². The van der Waals surface area contributed by atoms with Crippen LogP contribution in [0.2, 0.25) is 0 Å². The number of hydrogen-bond donors (Lipinski definition) is 1. The molecular formula is C12H11BrFNOS. The predicted octanol–water partition coefficient (Wildman–Crippen LogP) is 3.55. The van der Waals surface area contributed by atoms with E-state index in [-0.39, 0.29) is 17.8 Å². The fraction of sp³-hybridized carbons (Fsp3) is 0.250. The van der Waals surface area contributed by atoms with Crippen molar-refractivity contribution < 1.29 is 9.18 Å². The Morgan fingerprint density at radius 3 is 3.00 bits per heavy atom. The van der Waals surface area contributed by atoms with Crippen molar-refractivity contribution in [1.82, 2.24) is 5.32 Å². The minimum absolute atomic E-state index is 0.0736. The number of alkyl halides is 1. The number of fused-ring (bicyclic) bond motifs is 1. The molecule has 2 aromatic rings. The summed E-state index contributed by atoms with van der Waals surface area (Å²) in [7, 11) is 0. The summed E-state index contributed by atoms with van der Waals surface area (Å²) in [5, 5.41) is 4.46. The lowest BCUT2D eigenvalue weighted by atomic mass is 10.2. The maximum atomic E-state index is 13.0. The third kappa shape index (κ3) is 2.84. The normalized spacial score (nSPS) is 12.6. The van der Waals surface area contributed by atoms with Crippen molar-refractivity contribution in [2.75, 3.05) is 5.33 Å². The Bertz CT molecular complexity index is 554. The number of rotatable bonds is 3. The van der Waals surface area contributed by atoms with Gasteiger partial charge < -0.3 is 5.32 Å². The molecule has 0 aliphatic carbocycles. The van der Waals surface area contributed by atoms with E-state index in [0.717, 1.165) is 10.1 Å². The first-order chi connectivity index (χ1) is 8.10. The molecular weight excluding hydrogens is 305 g/mol. The second-order valence-corrected chi connectivity index (χ2v) is 5.55. The molecule has 0 saturated heterocycles. The van der Waals surface area contributed by atoms with Crippen molar-refractivity contribution in [2.45, 2.75) is 13.0 Å². The first kappa shape index (κ1) is 12.5. The highest BCUT2D eigenvalue weighted by Gasteiger charge is 2.12. The molecule has 0 bridgehead atoms. The van der Waals surface area contributed by atoms with Crippen molar-refractivity contribution >= 4 is 43.3 Å². The smallest absolute Gasteiger partial charge is 0.261 e. The Morgan fingerprint density at radius 2 is 2.29 bits per heavy atom. The summed E-state index contributed by atoms with van der Waals surface area (Å²) < 4.78 is 13.8. The van der Waals surface area contributed by atoms with Gasteiger partial charge in [0.05, 0.1) is 4.88 Å². The van der Waals surface area contributed by atoms with Gasteiger partial charge in [0.25, 0.3) is 5.91 Å². The van der Waals surface area contributed by atoms with Gasteiger partial charge in [-0.15, -0.1) is 11.3 Å². The van der Waals surface area contributed by atoms with Gasteiger partial charge in [0, 0.05) is 16.1 Å². The molecule has 0 spiro atoms. The van der Waals surface area contributed by atoms with Crippen molar-refractivity contribution in [3.8, 4) is 0 Å². The molecule has 1 aromatic heterocycles. The van der Waals surface area contributed by atoms with E-state index >= 15 is 0 Å². The minimum atomic E-state index is -0.278. The van der Waals surface area contributed by atoms with Gasteiger partial charge >= 0.3 is 0 Å². The molecule has 0 fully saturated rings. The van der Waals surface area contributed by atoms with Gasteiger partial charge in [-0.3, -0.25) is 4.79 Å². The van der Waals surface area contributed by atoms with E-state index in [4.69, 9.17) is 0 Å². The summed E-state index contributed by atoms with van der Waals surface area (Å²) in [4.78, 5) is 12.5. The van der Waals surface area contributed by atoms with Gasteiger partial charge in [-0.05, 0) is 30.5 Å². The zero-order valence-corrected chi connectivity index (χ0v) is 11.6. The van der Waals surface area contributed by atoms with Crippen LogP contribution in [0.1, 0.15) is 16.6 Å². The summed E-state index contributed by atoms with van der Waals surface area (Å²) in [6.07, 6.45) is 0. The van der Waals surface area contributed by atoms with E-state index in [9.17, 15) is 9.18 Å². The average molecular weight is 316 g/mol. The summed E-state index contributed by atoms with van der Waals surface area (Å²) in [6.45, 7) is 1.92. The van der Waals surface area contributed by atoms with Crippen LogP contribution in [0.3, 0.4) is 0 Å². The molecule has 1 N–H and O–H groups in total. The number of amides is 1. The van der Waals surface area contributed by atoms with Crippen LogP contribution in [0.5, 0.6) is 0 Å². The van der Waals surface area contributed by atoms with Crippen molar-refractivity contribution in [2.24, 2.45) is 0 Å². The van der Waals surface area contributed by atoms with Crippen molar-refractivity contribution in [3.05, 3.63) is 35.0 Å². The standard InChI is InChI=1S/C12H11BrFNOS/c1-7(6-13)15-12(16)11-4-8-2-3-9(14)5-10(8)17-11/h2-5,7H,6H2,1H3,(H,15,16). The number of benzene rings is 1. The van der Waals surface area contributed by atoms with Crippen LogP contribution in [0.25, 0.3) is 10.1 Å². The fourth-order valence-electron chi connectivity index (χ4n) is 1.45. The molecule has 0 radical (unpaired) electrons. The summed E-state index contributed by atoms with van der Waals surface area (Å²) in [5.41, 5.74) is 0. The zero-order chi connectivity index (χ0) is 12.4. The van der Waals surface area contributed by atoms with Crippen LogP contribution in [0.4, 0.5) is 4.39 Å². The van der Waals surface area contributed by atoms with Crippen molar-refractivity contribution in [3.63, 3.8) is 0 Å². The number of halogens is 2. The van der Waals surface area contributed by atoms with E-state index < -0.39 is 0 Å². The van der Waals surface area contributed by atoms with Crippen LogP contribution < -0.4 is 5.32 Å². The van der Waals surface area contributed by atoms with E-state index in [1.165, 1.54) is 23.5 Å².